The van der Waals surface area contributed by atoms with Gasteiger partial charge in [-0.2, -0.15) is 0 Å². The largest absolute Gasteiger partial charge is 0.481 e. The highest BCUT2D eigenvalue weighted by Crippen LogP contribution is 2.17. The number of carboxylic acids is 1. The molecule has 2 rings (SSSR count). The number of urea groups is 1. The topological polar surface area (TPSA) is 89.9 Å². The van der Waals surface area contributed by atoms with E-state index in [4.69, 9.17) is 5.11 Å². The Hall–Kier alpha value is -2.08. The number of carbonyl (C=O) groups excluding carboxylic acids is 1. The van der Waals surface area contributed by atoms with E-state index in [9.17, 15) is 14.7 Å². The van der Waals surface area contributed by atoms with Crippen LogP contribution in [0.2, 0.25) is 0 Å². The molecule has 108 valence electrons. The SMILES string of the molecule is O=C(O)[C@@H]1CN(C(=O)NCc2ccccc2)CC[C@@H]1O. The second-order valence-corrected chi connectivity index (χ2v) is 4.89. The second kappa shape index (κ2) is 6.38. The summed E-state index contributed by atoms with van der Waals surface area (Å²) < 4.78 is 0. The zero-order valence-corrected chi connectivity index (χ0v) is 11.0. The van der Waals surface area contributed by atoms with Gasteiger partial charge in [-0.3, -0.25) is 4.79 Å². The summed E-state index contributed by atoms with van der Waals surface area (Å²) in [6, 6.07) is 9.18. The van der Waals surface area contributed by atoms with Crippen molar-refractivity contribution < 1.29 is 19.8 Å². The summed E-state index contributed by atoms with van der Waals surface area (Å²) in [6.07, 6.45) is -0.596. The van der Waals surface area contributed by atoms with E-state index < -0.39 is 18.0 Å². The minimum absolute atomic E-state index is 0.0388. The molecule has 1 aliphatic heterocycles. The zero-order chi connectivity index (χ0) is 14.5. The average Bonchev–Trinajstić information content (AvgIpc) is 2.46. The Morgan fingerprint density at radius 3 is 2.65 bits per heavy atom. The number of aliphatic hydroxyl groups is 1. The Balaban J connectivity index is 1.88. The van der Waals surface area contributed by atoms with Gasteiger partial charge < -0.3 is 20.4 Å². The standard InChI is InChI=1S/C14H18N2O4/c17-12-6-7-16(9-11(12)13(18)19)14(20)15-8-10-4-2-1-3-5-10/h1-5,11-12,17H,6-9H2,(H,15,20)(H,18,19)/t11-,12+/m1/s1. The third kappa shape index (κ3) is 3.48. The summed E-state index contributed by atoms with van der Waals surface area (Å²) in [5.74, 6) is -1.98. The van der Waals surface area contributed by atoms with Gasteiger partial charge in [0.05, 0.1) is 6.10 Å². The van der Waals surface area contributed by atoms with E-state index in [0.717, 1.165) is 5.56 Å². The van der Waals surface area contributed by atoms with Crippen molar-refractivity contribution in [3.8, 4) is 0 Å². The summed E-state index contributed by atoms with van der Waals surface area (Å²) >= 11 is 0. The van der Waals surface area contributed by atoms with Crippen LogP contribution >= 0.6 is 0 Å². The van der Waals surface area contributed by atoms with Gasteiger partial charge in [0.15, 0.2) is 0 Å². The smallest absolute Gasteiger partial charge is 0.317 e. The number of likely N-dealkylation sites (tertiary alicyclic amines) is 1. The lowest BCUT2D eigenvalue weighted by Crippen LogP contribution is -2.51. The number of aliphatic hydroxyl groups excluding tert-OH is 1. The van der Waals surface area contributed by atoms with Crippen molar-refractivity contribution in [1.29, 1.82) is 0 Å². The van der Waals surface area contributed by atoms with Crippen molar-refractivity contribution in [2.75, 3.05) is 13.1 Å². The number of carbonyl (C=O) groups is 2. The van der Waals surface area contributed by atoms with Gasteiger partial charge in [-0.05, 0) is 12.0 Å². The minimum atomic E-state index is -1.07. The molecule has 1 aliphatic rings. The summed E-state index contributed by atoms with van der Waals surface area (Å²) in [4.78, 5) is 24.4. The molecule has 0 radical (unpaired) electrons. The van der Waals surface area contributed by atoms with Gasteiger partial charge in [0.25, 0.3) is 0 Å². The van der Waals surface area contributed by atoms with Crippen LogP contribution in [0.3, 0.4) is 0 Å². The van der Waals surface area contributed by atoms with Crippen LogP contribution in [0.4, 0.5) is 4.79 Å². The molecule has 0 unspecified atom stereocenters. The molecular weight excluding hydrogens is 260 g/mol. The molecule has 6 nitrogen and oxygen atoms in total. The van der Waals surface area contributed by atoms with E-state index >= 15 is 0 Å². The number of amides is 2. The van der Waals surface area contributed by atoms with Crippen molar-refractivity contribution in [1.82, 2.24) is 10.2 Å². The number of piperidine rings is 1. The van der Waals surface area contributed by atoms with E-state index in [2.05, 4.69) is 5.32 Å². The van der Waals surface area contributed by atoms with Crippen LogP contribution in [-0.2, 0) is 11.3 Å². The van der Waals surface area contributed by atoms with Crippen molar-refractivity contribution in [2.45, 2.75) is 19.1 Å². The van der Waals surface area contributed by atoms with Crippen LogP contribution in [-0.4, -0.2) is 46.3 Å². The van der Waals surface area contributed by atoms with Crippen LogP contribution in [0.15, 0.2) is 30.3 Å². The van der Waals surface area contributed by atoms with Gasteiger partial charge in [0.1, 0.15) is 5.92 Å². The molecule has 1 fully saturated rings. The fraction of sp³-hybridized carbons (Fsp3) is 0.429. The van der Waals surface area contributed by atoms with Gasteiger partial charge in [0.2, 0.25) is 0 Å². The summed E-state index contributed by atoms with van der Waals surface area (Å²) in [5.41, 5.74) is 0.979. The van der Waals surface area contributed by atoms with E-state index in [0.29, 0.717) is 13.1 Å². The number of nitrogens with one attached hydrogen (secondary N) is 1. The predicted octanol–water partition coefficient (Wildman–Crippen LogP) is 0.664. The zero-order valence-electron chi connectivity index (χ0n) is 11.0. The number of rotatable bonds is 3. The first-order valence-corrected chi connectivity index (χ1v) is 6.55. The number of carboxylic acid groups (broad SMARTS) is 1. The van der Waals surface area contributed by atoms with Gasteiger partial charge in [-0.25, -0.2) is 4.79 Å². The second-order valence-electron chi connectivity index (χ2n) is 4.89. The van der Waals surface area contributed by atoms with Crippen molar-refractivity contribution in [3.05, 3.63) is 35.9 Å². The first kappa shape index (κ1) is 14.3. The number of aliphatic carboxylic acids is 1. The molecular formula is C14H18N2O4. The molecule has 2 amide bonds. The van der Waals surface area contributed by atoms with Crippen LogP contribution in [0, 0.1) is 5.92 Å². The molecule has 1 heterocycles. The van der Waals surface area contributed by atoms with Gasteiger partial charge >= 0.3 is 12.0 Å². The first-order valence-electron chi connectivity index (χ1n) is 6.55. The molecule has 0 aliphatic carbocycles. The maximum Gasteiger partial charge on any atom is 0.317 e. The van der Waals surface area contributed by atoms with E-state index in [1.807, 2.05) is 30.3 Å². The monoisotopic (exact) mass is 278 g/mol. The molecule has 2 atom stereocenters. The van der Waals surface area contributed by atoms with Crippen molar-refractivity contribution >= 4 is 12.0 Å². The Kier molecular flexibility index (Phi) is 4.57. The molecule has 0 saturated carbocycles. The highest BCUT2D eigenvalue weighted by molar-refractivity contribution is 5.76. The first-order chi connectivity index (χ1) is 9.58. The molecule has 0 aromatic heterocycles. The molecule has 0 bridgehead atoms. The Bertz CT molecular complexity index is 477. The maximum absolute atomic E-state index is 12.0. The van der Waals surface area contributed by atoms with E-state index in [-0.39, 0.29) is 19.0 Å². The number of benzene rings is 1. The van der Waals surface area contributed by atoms with E-state index in [1.54, 1.807) is 0 Å². The lowest BCUT2D eigenvalue weighted by Gasteiger charge is -2.34. The highest BCUT2D eigenvalue weighted by Gasteiger charge is 2.34. The molecule has 1 aromatic carbocycles. The number of hydrogen-bond acceptors (Lipinski definition) is 3. The van der Waals surface area contributed by atoms with Crippen LogP contribution in [0.1, 0.15) is 12.0 Å². The highest BCUT2D eigenvalue weighted by atomic mass is 16.4. The average molecular weight is 278 g/mol. The molecule has 0 spiro atoms. The Morgan fingerprint density at radius 2 is 2.00 bits per heavy atom. The molecule has 1 saturated heterocycles. The number of hydrogen-bond donors (Lipinski definition) is 3. The van der Waals surface area contributed by atoms with E-state index in [1.165, 1.54) is 4.90 Å². The van der Waals surface area contributed by atoms with Crippen LogP contribution in [0.5, 0.6) is 0 Å². The van der Waals surface area contributed by atoms with Crippen molar-refractivity contribution in [2.24, 2.45) is 5.92 Å². The Morgan fingerprint density at radius 1 is 1.30 bits per heavy atom. The predicted molar refractivity (Wildman–Crippen MR) is 72.0 cm³/mol. The fourth-order valence-electron chi connectivity index (χ4n) is 2.25. The van der Waals surface area contributed by atoms with Crippen molar-refractivity contribution in [3.63, 3.8) is 0 Å². The molecule has 3 N–H and O–H groups in total. The molecule has 1 aromatic rings. The minimum Gasteiger partial charge on any atom is -0.481 e. The number of nitrogens with zero attached hydrogens (tertiary/aromatic N) is 1. The van der Waals surface area contributed by atoms with Crippen LogP contribution in [0.25, 0.3) is 0 Å². The van der Waals surface area contributed by atoms with Gasteiger partial charge in [-0.1, -0.05) is 30.3 Å². The summed E-state index contributed by atoms with van der Waals surface area (Å²) in [5, 5.41) is 21.4. The lowest BCUT2D eigenvalue weighted by molar-refractivity contribution is -0.148. The molecule has 6 heteroatoms. The third-order valence-electron chi connectivity index (χ3n) is 3.47. The molecule has 20 heavy (non-hydrogen) atoms. The van der Waals surface area contributed by atoms with Crippen LogP contribution < -0.4 is 5.32 Å². The maximum atomic E-state index is 12.0. The Labute approximate surface area is 117 Å². The lowest BCUT2D eigenvalue weighted by atomic mass is 9.95. The van der Waals surface area contributed by atoms with Gasteiger partial charge in [0, 0.05) is 19.6 Å². The quantitative estimate of drug-likeness (QED) is 0.758. The fourth-order valence-corrected chi connectivity index (χ4v) is 2.25. The summed E-state index contributed by atoms with van der Waals surface area (Å²) in [6.45, 7) is 0.805. The van der Waals surface area contributed by atoms with Gasteiger partial charge in [-0.15, -0.1) is 0 Å². The third-order valence-corrected chi connectivity index (χ3v) is 3.47. The normalized spacial score (nSPS) is 22.4. The summed E-state index contributed by atoms with van der Waals surface area (Å²) in [7, 11) is 0.